The van der Waals surface area contributed by atoms with E-state index in [1.165, 1.54) is 193 Å². The van der Waals surface area contributed by atoms with E-state index in [1.54, 1.807) is 0 Å². The van der Waals surface area contributed by atoms with Gasteiger partial charge in [-0.1, -0.05) is 233 Å². The summed E-state index contributed by atoms with van der Waals surface area (Å²) in [6.07, 6.45) is 48.2. The Morgan fingerprint density at radius 1 is 0.306 bits per heavy atom. The van der Waals surface area contributed by atoms with Gasteiger partial charge in [-0.3, -0.25) is 14.4 Å². The molecule has 1 N–H and O–H groups in total. The second-order valence-corrected chi connectivity index (χ2v) is 18.5. The first-order valence-electron chi connectivity index (χ1n) is 27.4. The Kier molecular flexibility index (Phi) is 50.6. The first kappa shape index (κ1) is 60.3. The SMILES string of the molecule is CCCCCCCCCCCCCCOC(=O)CCNCCCN(CCC(=O)OCCCCCCCCCCCCCC)CCC(=O)OCCCCCCCCCCCCCC. The van der Waals surface area contributed by atoms with E-state index in [0.717, 1.165) is 58.0 Å². The highest BCUT2D eigenvalue weighted by molar-refractivity contribution is 5.70. The van der Waals surface area contributed by atoms with Crippen LogP contribution in [-0.4, -0.2) is 75.4 Å². The van der Waals surface area contributed by atoms with Crippen LogP contribution in [0.25, 0.3) is 0 Å². The Morgan fingerprint density at radius 3 is 0.855 bits per heavy atom. The van der Waals surface area contributed by atoms with Crippen molar-refractivity contribution in [2.24, 2.45) is 0 Å². The van der Waals surface area contributed by atoms with Gasteiger partial charge in [0.25, 0.3) is 0 Å². The first-order chi connectivity index (χ1) is 30.5. The average Bonchev–Trinajstić information content (AvgIpc) is 3.27. The van der Waals surface area contributed by atoms with Gasteiger partial charge in [-0.15, -0.1) is 0 Å². The average molecular weight is 879 g/mol. The van der Waals surface area contributed by atoms with Crippen molar-refractivity contribution in [3.8, 4) is 0 Å². The van der Waals surface area contributed by atoms with E-state index in [4.69, 9.17) is 14.2 Å². The molecule has 0 saturated heterocycles. The minimum absolute atomic E-state index is 0.133. The molecule has 0 rings (SSSR count). The van der Waals surface area contributed by atoms with E-state index >= 15 is 0 Å². The number of ether oxygens (including phenoxy) is 3. The molecular formula is C54H106N2O6. The van der Waals surface area contributed by atoms with Crippen molar-refractivity contribution in [1.82, 2.24) is 10.2 Å². The summed E-state index contributed by atoms with van der Waals surface area (Å²) in [5.74, 6) is -0.452. The lowest BCUT2D eigenvalue weighted by Gasteiger charge is -2.21. The number of esters is 3. The molecule has 0 aliphatic rings. The summed E-state index contributed by atoms with van der Waals surface area (Å²) in [4.78, 5) is 39.7. The zero-order chi connectivity index (χ0) is 45.1. The number of hydrogen-bond donors (Lipinski definition) is 1. The minimum Gasteiger partial charge on any atom is -0.466 e. The molecule has 0 aliphatic carbocycles. The van der Waals surface area contributed by atoms with E-state index in [2.05, 4.69) is 31.0 Å². The molecule has 0 spiro atoms. The van der Waals surface area contributed by atoms with Crippen molar-refractivity contribution in [3.05, 3.63) is 0 Å². The molecule has 8 nitrogen and oxygen atoms in total. The quantitative estimate of drug-likeness (QED) is 0.0367. The van der Waals surface area contributed by atoms with Gasteiger partial charge < -0.3 is 24.4 Å². The Balaban J connectivity index is 4.25. The largest absolute Gasteiger partial charge is 0.466 e. The smallest absolute Gasteiger partial charge is 0.307 e. The third-order valence-corrected chi connectivity index (χ3v) is 12.4. The van der Waals surface area contributed by atoms with E-state index in [1.807, 2.05) is 0 Å². The molecule has 0 fully saturated rings. The van der Waals surface area contributed by atoms with Crippen LogP contribution < -0.4 is 5.32 Å². The topological polar surface area (TPSA) is 94.2 Å². The van der Waals surface area contributed by atoms with Gasteiger partial charge in [0.05, 0.1) is 39.1 Å². The zero-order valence-corrected chi connectivity index (χ0v) is 41.8. The summed E-state index contributed by atoms with van der Waals surface area (Å²) in [5.41, 5.74) is 0. The molecule has 0 aromatic rings. The molecule has 0 atom stereocenters. The second kappa shape index (κ2) is 52.0. The molecule has 0 saturated carbocycles. The normalized spacial score (nSPS) is 11.4. The third-order valence-electron chi connectivity index (χ3n) is 12.4. The maximum Gasteiger partial charge on any atom is 0.307 e. The van der Waals surface area contributed by atoms with Crippen molar-refractivity contribution < 1.29 is 28.6 Å². The van der Waals surface area contributed by atoms with Gasteiger partial charge in [0.1, 0.15) is 0 Å². The fourth-order valence-electron chi connectivity index (χ4n) is 8.18. The standard InChI is InChI=1S/C54H106N2O6/c1-4-7-10-13-16-19-22-25-28-31-34-37-49-60-52(57)41-45-55-44-40-46-56(47-42-53(58)61-50-38-35-32-29-26-23-20-17-14-11-8-5-2)48-43-54(59)62-51-39-36-33-30-27-24-21-18-15-12-9-6-3/h55H,4-51H2,1-3H3. The molecule has 0 unspecified atom stereocenters. The molecule has 0 heterocycles. The third kappa shape index (κ3) is 49.3. The molecule has 0 aromatic heterocycles. The van der Waals surface area contributed by atoms with Crippen LogP contribution >= 0.6 is 0 Å². The van der Waals surface area contributed by atoms with Crippen LogP contribution in [0.1, 0.15) is 278 Å². The van der Waals surface area contributed by atoms with E-state index in [0.29, 0.717) is 58.7 Å². The summed E-state index contributed by atoms with van der Waals surface area (Å²) < 4.78 is 16.6. The lowest BCUT2D eigenvalue weighted by Crippen LogP contribution is -2.32. The van der Waals surface area contributed by atoms with Gasteiger partial charge in [-0.25, -0.2) is 0 Å². The fourth-order valence-corrected chi connectivity index (χ4v) is 8.18. The highest BCUT2D eigenvalue weighted by atomic mass is 16.5. The lowest BCUT2D eigenvalue weighted by atomic mass is 10.1. The Bertz CT molecular complexity index is 887. The van der Waals surface area contributed by atoms with Crippen molar-refractivity contribution in [2.45, 2.75) is 278 Å². The predicted molar refractivity (Wildman–Crippen MR) is 264 cm³/mol. The predicted octanol–water partition coefficient (Wildman–Crippen LogP) is 15.2. The molecule has 8 heteroatoms. The van der Waals surface area contributed by atoms with E-state index < -0.39 is 0 Å². The number of hydrogen-bond acceptors (Lipinski definition) is 8. The Morgan fingerprint density at radius 2 is 0.565 bits per heavy atom. The number of carbonyl (C=O) groups is 3. The van der Waals surface area contributed by atoms with Crippen molar-refractivity contribution >= 4 is 17.9 Å². The van der Waals surface area contributed by atoms with Gasteiger partial charge in [0.15, 0.2) is 0 Å². The molecule has 0 aromatic carbocycles. The van der Waals surface area contributed by atoms with Crippen LogP contribution in [0.15, 0.2) is 0 Å². The zero-order valence-electron chi connectivity index (χ0n) is 41.8. The van der Waals surface area contributed by atoms with Crippen molar-refractivity contribution in [3.63, 3.8) is 0 Å². The van der Waals surface area contributed by atoms with Crippen LogP contribution in [0, 0.1) is 0 Å². The van der Waals surface area contributed by atoms with Crippen LogP contribution in [0.4, 0.5) is 0 Å². The summed E-state index contributed by atoms with van der Waals surface area (Å²) in [7, 11) is 0. The number of rotatable bonds is 52. The van der Waals surface area contributed by atoms with Crippen LogP contribution in [0.3, 0.4) is 0 Å². The fraction of sp³-hybridized carbons (Fsp3) is 0.944. The van der Waals surface area contributed by atoms with Gasteiger partial charge in [0.2, 0.25) is 0 Å². The summed E-state index contributed by atoms with van der Waals surface area (Å²) in [6.45, 7) is 11.6. The number of carbonyl (C=O) groups excluding carboxylic acids is 3. The van der Waals surface area contributed by atoms with Gasteiger partial charge in [-0.2, -0.15) is 0 Å². The molecule has 62 heavy (non-hydrogen) atoms. The monoisotopic (exact) mass is 879 g/mol. The summed E-state index contributed by atoms with van der Waals surface area (Å²) >= 11 is 0. The van der Waals surface area contributed by atoms with Crippen LogP contribution in [0.2, 0.25) is 0 Å². The molecule has 368 valence electrons. The maximum atomic E-state index is 12.6. The van der Waals surface area contributed by atoms with Crippen molar-refractivity contribution in [2.75, 3.05) is 52.5 Å². The number of unbranched alkanes of at least 4 members (excludes halogenated alkanes) is 33. The summed E-state index contributed by atoms with van der Waals surface area (Å²) in [5, 5.41) is 3.38. The number of nitrogens with one attached hydrogen (secondary N) is 1. The summed E-state index contributed by atoms with van der Waals surface area (Å²) in [6, 6.07) is 0. The van der Waals surface area contributed by atoms with Gasteiger partial charge in [-0.05, 0) is 38.8 Å². The highest BCUT2D eigenvalue weighted by Crippen LogP contribution is 2.15. The number of nitrogens with zero attached hydrogens (tertiary/aromatic N) is 1. The Hall–Kier alpha value is -1.67. The molecule has 0 amide bonds. The van der Waals surface area contributed by atoms with Gasteiger partial charge in [0, 0.05) is 19.6 Å². The highest BCUT2D eigenvalue weighted by Gasteiger charge is 2.13. The molecular weight excluding hydrogens is 773 g/mol. The van der Waals surface area contributed by atoms with E-state index in [9.17, 15) is 14.4 Å². The van der Waals surface area contributed by atoms with Crippen molar-refractivity contribution in [1.29, 1.82) is 0 Å². The molecule has 0 bridgehead atoms. The minimum atomic E-state index is -0.159. The first-order valence-corrected chi connectivity index (χ1v) is 27.4. The lowest BCUT2D eigenvalue weighted by molar-refractivity contribution is -0.145. The van der Waals surface area contributed by atoms with E-state index in [-0.39, 0.29) is 17.9 Å². The Labute approximate surface area is 385 Å². The van der Waals surface area contributed by atoms with Crippen LogP contribution in [-0.2, 0) is 28.6 Å². The van der Waals surface area contributed by atoms with Gasteiger partial charge >= 0.3 is 17.9 Å². The maximum absolute atomic E-state index is 12.6. The second-order valence-electron chi connectivity index (χ2n) is 18.5. The molecule has 0 radical (unpaired) electrons. The van der Waals surface area contributed by atoms with Crippen LogP contribution in [0.5, 0.6) is 0 Å². The molecule has 0 aliphatic heterocycles.